The fraction of sp³-hybridized carbons (Fsp3) is 0.444. The first-order chi connectivity index (χ1) is 12.7. The molecule has 2 heterocycles. The summed E-state index contributed by atoms with van der Waals surface area (Å²) in [5.74, 6) is -2.17. The minimum absolute atomic E-state index is 0.0196. The first-order valence-corrected chi connectivity index (χ1v) is 8.97. The number of aryl methyl sites for hydroxylation is 1. The van der Waals surface area contributed by atoms with Gasteiger partial charge in [0.25, 0.3) is 0 Å². The van der Waals surface area contributed by atoms with Gasteiger partial charge in [-0.25, -0.2) is 13.6 Å². The van der Waals surface area contributed by atoms with Gasteiger partial charge >= 0.3 is 5.97 Å². The first-order valence-electron chi connectivity index (χ1n) is 8.60. The normalized spacial score (nSPS) is 20.3. The molecule has 1 aliphatic heterocycles. The van der Waals surface area contributed by atoms with E-state index < -0.39 is 29.5 Å². The number of benzene rings is 1. The van der Waals surface area contributed by atoms with E-state index in [1.54, 1.807) is 4.90 Å². The molecule has 3 rings (SSSR count). The van der Waals surface area contributed by atoms with E-state index in [0.717, 1.165) is 12.3 Å². The number of aromatic nitrogens is 1. The largest absolute Gasteiger partial charge is 0.477 e. The highest BCUT2D eigenvalue weighted by atomic mass is 35.5. The predicted molar refractivity (Wildman–Crippen MR) is 100 cm³/mol. The molecular weight excluding hydrogens is 380 g/mol. The van der Waals surface area contributed by atoms with E-state index in [4.69, 9.17) is 11.6 Å². The minimum atomic E-state index is -1.46. The van der Waals surface area contributed by atoms with Crippen LogP contribution >= 0.6 is 11.6 Å². The molecule has 1 fully saturated rings. The van der Waals surface area contributed by atoms with Gasteiger partial charge in [-0.3, -0.25) is 4.79 Å². The van der Waals surface area contributed by atoms with Gasteiger partial charge in [0.05, 0.1) is 28.2 Å². The zero-order valence-electron chi connectivity index (χ0n) is 14.9. The van der Waals surface area contributed by atoms with Crippen molar-refractivity contribution in [3.05, 3.63) is 38.9 Å². The van der Waals surface area contributed by atoms with E-state index in [-0.39, 0.29) is 40.2 Å². The molecule has 0 bridgehead atoms. The van der Waals surface area contributed by atoms with Crippen LogP contribution in [0.1, 0.15) is 24.2 Å². The Hall–Kier alpha value is -2.19. The summed E-state index contributed by atoms with van der Waals surface area (Å²) < 4.78 is 29.2. The monoisotopic (exact) mass is 399 g/mol. The maximum absolute atomic E-state index is 14.9. The number of piperazine rings is 1. The third-order valence-corrected chi connectivity index (χ3v) is 5.02. The van der Waals surface area contributed by atoms with Crippen molar-refractivity contribution in [2.75, 3.05) is 24.7 Å². The number of nitrogens with zero attached hydrogens (tertiary/aromatic N) is 2. The SMILES string of the molecule is CC1CN(c2c(F)cc3c(=O)c(C(=O)O)cn(CCF)c3c2Cl)CC(C)N1. The molecule has 146 valence electrons. The number of halogens is 3. The van der Waals surface area contributed by atoms with E-state index in [1.165, 1.54) is 4.57 Å². The van der Waals surface area contributed by atoms with Crippen molar-refractivity contribution in [1.29, 1.82) is 0 Å². The molecule has 2 aromatic rings. The van der Waals surface area contributed by atoms with Crippen LogP contribution in [0, 0.1) is 5.82 Å². The molecule has 9 heteroatoms. The summed E-state index contributed by atoms with van der Waals surface area (Å²) >= 11 is 6.49. The van der Waals surface area contributed by atoms with Crippen molar-refractivity contribution in [1.82, 2.24) is 9.88 Å². The third kappa shape index (κ3) is 3.51. The van der Waals surface area contributed by atoms with E-state index >= 15 is 0 Å². The second-order valence-electron chi connectivity index (χ2n) is 6.85. The van der Waals surface area contributed by atoms with Gasteiger partial charge in [0, 0.05) is 31.4 Å². The molecule has 2 N–H and O–H groups in total. The van der Waals surface area contributed by atoms with Crippen LogP contribution in [0.4, 0.5) is 14.5 Å². The molecule has 0 radical (unpaired) electrons. The quantitative estimate of drug-likeness (QED) is 0.826. The van der Waals surface area contributed by atoms with Crippen LogP contribution < -0.4 is 15.6 Å². The van der Waals surface area contributed by atoms with Crippen LogP contribution in [0.25, 0.3) is 10.9 Å². The van der Waals surface area contributed by atoms with Gasteiger partial charge in [-0.1, -0.05) is 11.6 Å². The lowest BCUT2D eigenvalue weighted by Crippen LogP contribution is -2.54. The second kappa shape index (κ2) is 7.44. The fourth-order valence-electron chi connectivity index (χ4n) is 3.70. The van der Waals surface area contributed by atoms with Crippen LogP contribution in [-0.4, -0.2) is 47.5 Å². The maximum Gasteiger partial charge on any atom is 0.341 e. The van der Waals surface area contributed by atoms with Crippen molar-refractivity contribution in [2.45, 2.75) is 32.5 Å². The Morgan fingerprint density at radius 3 is 2.56 bits per heavy atom. The van der Waals surface area contributed by atoms with E-state index in [0.29, 0.717) is 13.1 Å². The number of anilines is 1. The minimum Gasteiger partial charge on any atom is -0.477 e. The number of carbonyl (C=O) groups is 1. The lowest BCUT2D eigenvalue weighted by Gasteiger charge is -2.38. The van der Waals surface area contributed by atoms with Crippen molar-refractivity contribution >= 4 is 34.2 Å². The molecule has 2 atom stereocenters. The molecule has 1 aliphatic rings. The highest BCUT2D eigenvalue weighted by Gasteiger charge is 2.28. The topological polar surface area (TPSA) is 74.6 Å². The molecular formula is C18H20ClF2N3O3. The third-order valence-electron chi connectivity index (χ3n) is 4.66. The number of aromatic carboxylic acids is 1. The average Bonchev–Trinajstić information content (AvgIpc) is 2.56. The zero-order chi connectivity index (χ0) is 19.9. The van der Waals surface area contributed by atoms with Crippen LogP contribution in [0.2, 0.25) is 5.02 Å². The average molecular weight is 400 g/mol. The van der Waals surface area contributed by atoms with Gasteiger partial charge in [-0.05, 0) is 19.9 Å². The highest BCUT2D eigenvalue weighted by molar-refractivity contribution is 6.38. The van der Waals surface area contributed by atoms with Gasteiger partial charge in [0.1, 0.15) is 18.1 Å². The summed E-state index contributed by atoms with van der Waals surface area (Å²) in [5, 5.41) is 12.4. The number of alkyl halides is 1. The van der Waals surface area contributed by atoms with Crippen LogP contribution in [-0.2, 0) is 6.54 Å². The number of carboxylic acids is 1. The van der Waals surface area contributed by atoms with Crippen molar-refractivity contribution < 1.29 is 18.7 Å². The van der Waals surface area contributed by atoms with Crippen molar-refractivity contribution in [3.8, 4) is 0 Å². The Morgan fingerprint density at radius 1 is 1.37 bits per heavy atom. The molecule has 1 aromatic carbocycles. The number of pyridine rings is 1. The fourth-order valence-corrected chi connectivity index (χ4v) is 4.12. The van der Waals surface area contributed by atoms with Crippen LogP contribution in [0.3, 0.4) is 0 Å². The molecule has 6 nitrogen and oxygen atoms in total. The number of fused-ring (bicyclic) bond motifs is 1. The van der Waals surface area contributed by atoms with Crippen molar-refractivity contribution in [3.63, 3.8) is 0 Å². The van der Waals surface area contributed by atoms with Gasteiger partial charge in [0.2, 0.25) is 5.43 Å². The molecule has 1 saturated heterocycles. The van der Waals surface area contributed by atoms with Crippen LogP contribution in [0.15, 0.2) is 17.1 Å². The summed E-state index contributed by atoms with van der Waals surface area (Å²) in [6.45, 7) is 3.96. The van der Waals surface area contributed by atoms with E-state index in [1.807, 2.05) is 13.8 Å². The summed E-state index contributed by atoms with van der Waals surface area (Å²) in [5.41, 5.74) is -1.12. The van der Waals surface area contributed by atoms with Crippen LogP contribution in [0.5, 0.6) is 0 Å². The smallest absolute Gasteiger partial charge is 0.341 e. The van der Waals surface area contributed by atoms with Gasteiger partial charge < -0.3 is 19.9 Å². The Bertz CT molecular complexity index is 953. The molecule has 1 aromatic heterocycles. The zero-order valence-corrected chi connectivity index (χ0v) is 15.7. The summed E-state index contributed by atoms with van der Waals surface area (Å²) in [6, 6.07) is 1.20. The Kier molecular flexibility index (Phi) is 5.39. The Labute approximate surface area is 159 Å². The predicted octanol–water partition coefficient (Wildman–Crippen LogP) is 2.65. The summed E-state index contributed by atoms with van der Waals surface area (Å²) in [4.78, 5) is 25.6. The molecule has 0 spiro atoms. The summed E-state index contributed by atoms with van der Waals surface area (Å²) in [6.07, 6.45) is 1.06. The van der Waals surface area contributed by atoms with Gasteiger partial charge in [0.15, 0.2) is 0 Å². The van der Waals surface area contributed by atoms with E-state index in [9.17, 15) is 23.5 Å². The van der Waals surface area contributed by atoms with E-state index in [2.05, 4.69) is 5.32 Å². The number of rotatable bonds is 4. The standard InChI is InChI=1S/C18H20ClF2N3O3/c1-9-6-24(7-10(2)22-9)16-13(21)5-11-15(14(16)19)23(4-3-20)8-12(17(11)25)18(26)27/h5,8-10,22H,3-4,6-7H2,1-2H3,(H,26,27). The number of carboxylic acid groups (broad SMARTS) is 1. The number of hydrogen-bond acceptors (Lipinski definition) is 4. The molecule has 2 unspecified atom stereocenters. The first kappa shape index (κ1) is 19.6. The molecule has 0 amide bonds. The Balaban J connectivity index is 2.30. The lowest BCUT2D eigenvalue weighted by atomic mass is 10.1. The molecule has 0 aliphatic carbocycles. The highest BCUT2D eigenvalue weighted by Crippen LogP contribution is 2.36. The number of hydrogen-bond donors (Lipinski definition) is 2. The van der Waals surface area contributed by atoms with Gasteiger partial charge in [-0.2, -0.15) is 0 Å². The number of nitrogens with one attached hydrogen (secondary N) is 1. The molecule has 0 saturated carbocycles. The van der Waals surface area contributed by atoms with Crippen molar-refractivity contribution in [2.24, 2.45) is 0 Å². The summed E-state index contributed by atoms with van der Waals surface area (Å²) in [7, 11) is 0. The molecule has 27 heavy (non-hydrogen) atoms. The van der Waals surface area contributed by atoms with Gasteiger partial charge in [-0.15, -0.1) is 0 Å². The Morgan fingerprint density at radius 2 is 2.00 bits per heavy atom. The maximum atomic E-state index is 14.9. The second-order valence-corrected chi connectivity index (χ2v) is 7.23. The lowest BCUT2D eigenvalue weighted by molar-refractivity contribution is 0.0694.